The van der Waals surface area contributed by atoms with Gasteiger partial charge in [0, 0.05) is 0 Å². The van der Waals surface area contributed by atoms with Crippen molar-refractivity contribution in [1.29, 1.82) is 0 Å². The predicted molar refractivity (Wildman–Crippen MR) is 4.86 cm³/mol. The Bertz CT molecular complexity index is 19.2. The molecule has 0 saturated heterocycles. The molecule has 0 aromatic carbocycles. The van der Waals surface area contributed by atoms with Crippen LogP contribution in [0.1, 0.15) is 0 Å². The molecule has 0 unspecified atom stereocenters. The molecule has 0 aliphatic carbocycles. The van der Waals surface area contributed by atoms with Crippen molar-refractivity contribution in [3.05, 3.63) is 0 Å². The molecule has 32 valence electrons. The summed E-state index contributed by atoms with van der Waals surface area (Å²) in [6, 6.07) is 0. The average molecular weight is 155 g/mol. The van der Waals surface area contributed by atoms with Gasteiger partial charge in [0.2, 0.25) is 0 Å². The van der Waals surface area contributed by atoms with Crippen molar-refractivity contribution in [1.82, 2.24) is 0 Å². The molecule has 0 rings (SSSR count). The molecular formula is Cu2N2. The molecule has 0 amide bonds. The third-order valence-corrected chi connectivity index (χ3v) is 0.309. The van der Waals surface area contributed by atoms with Gasteiger partial charge in [-0.15, -0.1) is 0 Å². The Balaban J connectivity index is 2.55. The summed E-state index contributed by atoms with van der Waals surface area (Å²) in [4.78, 5) is 0. The van der Waals surface area contributed by atoms with E-state index in [-0.39, 0.29) is 0 Å². The van der Waals surface area contributed by atoms with Crippen molar-refractivity contribution in [3.63, 3.8) is 0 Å². The summed E-state index contributed by atoms with van der Waals surface area (Å²) >= 11 is 8.04. The van der Waals surface area contributed by atoms with Gasteiger partial charge in [0.1, 0.15) is 0 Å². The van der Waals surface area contributed by atoms with Crippen molar-refractivity contribution in [2.24, 2.45) is 8.26 Å². The second-order valence-electron chi connectivity index (χ2n) is 0.121. The van der Waals surface area contributed by atoms with E-state index < -0.39 is 0 Å². The van der Waals surface area contributed by atoms with Crippen molar-refractivity contribution < 1.29 is 32.5 Å². The van der Waals surface area contributed by atoms with E-state index in [2.05, 4.69) is 40.7 Å². The van der Waals surface area contributed by atoms with Crippen LogP contribution in [0.2, 0.25) is 0 Å². The van der Waals surface area contributed by atoms with E-state index in [4.69, 9.17) is 0 Å². The van der Waals surface area contributed by atoms with E-state index in [0.29, 0.717) is 0 Å². The van der Waals surface area contributed by atoms with Gasteiger partial charge in [-0.2, -0.15) is 0 Å². The molecule has 0 aliphatic heterocycles. The molecule has 0 spiro atoms. The standard InChI is InChI=1S/2Cu.N2/c;;1-2/q2*+1;-2. The zero-order valence-corrected chi connectivity index (χ0v) is 3.38. The first-order chi connectivity index (χ1) is 1.91. The van der Waals surface area contributed by atoms with E-state index in [0.717, 1.165) is 0 Å². The van der Waals surface area contributed by atoms with Crippen LogP contribution in [0, 0.1) is 0 Å². The third-order valence-electron chi connectivity index (χ3n) is 0.0182. The topological polar surface area (TPSA) is 24.7 Å². The summed E-state index contributed by atoms with van der Waals surface area (Å²) in [6.45, 7) is 0. The Morgan fingerprint density at radius 2 is 1.25 bits per heavy atom. The van der Waals surface area contributed by atoms with Crippen molar-refractivity contribution >= 4 is 0 Å². The van der Waals surface area contributed by atoms with Crippen LogP contribution >= 0.6 is 0 Å². The fourth-order valence-corrected chi connectivity index (χ4v) is 0. The Kier molecular flexibility index (Phi) is 4.22. The van der Waals surface area contributed by atoms with Crippen LogP contribution in [-0.2, 0) is 32.5 Å². The Morgan fingerprint density at radius 1 is 1.00 bits per heavy atom. The van der Waals surface area contributed by atoms with Gasteiger partial charge in [0.15, 0.2) is 0 Å². The van der Waals surface area contributed by atoms with Gasteiger partial charge in [-0.05, 0) is 0 Å². The molecule has 2 nitrogen and oxygen atoms in total. The second kappa shape index (κ2) is 3.64. The van der Waals surface area contributed by atoms with E-state index >= 15 is 0 Å². The number of rotatable bonds is 0. The molecule has 0 N–H and O–H groups in total. The van der Waals surface area contributed by atoms with Gasteiger partial charge >= 0.3 is 40.7 Å². The SMILES string of the molecule is [Cu][N]=[N][Cu]. The van der Waals surface area contributed by atoms with Crippen LogP contribution in [0.15, 0.2) is 8.26 Å². The zero-order chi connectivity index (χ0) is 3.41. The third kappa shape index (κ3) is 2.64. The average Bonchev–Trinajstić information content (AvgIpc) is 1.37. The molecule has 4 heteroatoms. The van der Waals surface area contributed by atoms with Gasteiger partial charge in [-0.1, -0.05) is 0 Å². The summed E-state index contributed by atoms with van der Waals surface area (Å²) in [6.07, 6.45) is 0. The minimum atomic E-state index is 2.73. The molecule has 0 radical (unpaired) electrons. The van der Waals surface area contributed by atoms with Crippen LogP contribution in [-0.4, -0.2) is 0 Å². The van der Waals surface area contributed by atoms with E-state index in [1.54, 1.807) is 0 Å². The molecule has 0 aromatic rings. The van der Waals surface area contributed by atoms with Crippen LogP contribution in [0.3, 0.4) is 0 Å². The molecule has 0 bridgehead atoms. The first kappa shape index (κ1) is 4.64. The normalized spacial score (nSPS) is 10.0. The van der Waals surface area contributed by atoms with Crippen LogP contribution < -0.4 is 0 Å². The monoisotopic (exact) mass is 154 g/mol. The molecule has 0 atom stereocenters. The maximum absolute atomic E-state index is 4.02. The number of hydrogen-bond acceptors (Lipinski definition) is 2. The van der Waals surface area contributed by atoms with E-state index in [1.165, 1.54) is 0 Å². The molecule has 0 fully saturated rings. The van der Waals surface area contributed by atoms with Gasteiger partial charge in [-0.3, -0.25) is 0 Å². The summed E-state index contributed by atoms with van der Waals surface area (Å²) in [5.74, 6) is 0. The van der Waals surface area contributed by atoms with Crippen molar-refractivity contribution in [2.45, 2.75) is 0 Å². The first-order valence-corrected chi connectivity index (χ1v) is 1.31. The maximum atomic E-state index is 4.02. The van der Waals surface area contributed by atoms with E-state index in [1.807, 2.05) is 0 Å². The van der Waals surface area contributed by atoms with Crippen LogP contribution in [0.5, 0.6) is 0 Å². The van der Waals surface area contributed by atoms with Gasteiger partial charge in [0.25, 0.3) is 0 Å². The van der Waals surface area contributed by atoms with E-state index in [9.17, 15) is 0 Å². The predicted octanol–water partition coefficient (Wildman–Crippen LogP) is 0.362. The van der Waals surface area contributed by atoms with Crippen LogP contribution in [0.25, 0.3) is 0 Å². The molecule has 0 aliphatic rings. The Labute approximate surface area is 41.1 Å². The fourth-order valence-electron chi connectivity index (χ4n) is 0. The molecule has 4 heavy (non-hydrogen) atoms. The number of nitrogens with zero attached hydrogens (tertiary/aromatic N) is 2. The minimum absolute atomic E-state index is 2.73. The summed E-state index contributed by atoms with van der Waals surface area (Å²) < 4.78 is 5.46. The second-order valence-corrected chi connectivity index (χ2v) is 0.497. The van der Waals surface area contributed by atoms with Gasteiger partial charge in [0.05, 0.1) is 0 Å². The van der Waals surface area contributed by atoms with Crippen molar-refractivity contribution in [2.75, 3.05) is 0 Å². The Morgan fingerprint density at radius 3 is 1.25 bits per heavy atom. The number of hydrogen-bond donors (Lipinski definition) is 0. The quantitative estimate of drug-likeness (QED) is 0.356. The Hall–Kier alpha value is 0.639. The fraction of sp³-hybridized carbons (Fsp3) is 0. The molecule has 0 saturated carbocycles. The molecule has 0 heterocycles. The summed E-state index contributed by atoms with van der Waals surface area (Å²) in [5, 5.41) is 0. The van der Waals surface area contributed by atoms with Crippen LogP contribution in [0.4, 0.5) is 0 Å². The van der Waals surface area contributed by atoms with Gasteiger partial charge < -0.3 is 0 Å². The molecular weight excluding hydrogens is 155 g/mol. The summed E-state index contributed by atoms with van der Waals surface area (Å²) in [5.41, 5.74) is 0. The van der Waals surface area contributed by atoms with Gasteiger partial charge in [-0.25, -0.2) is 0 Å². The molecule has 0 aromatic heterocycles. The first-order valence-electron chi connectivity index (χ1n) is 0.470. The van der Waals surface area contributed by atoms with Crippen molar-refractivity contribution in [3.8, 4) is 0 Å². The zero-order valence-electron chi connectivity index (χ0n) is 1.50. The summed E-state index contributed by atoms with van der Waals surface area (Å²) in [7, 11) is 0.